The van der Waals surface area contributed by atoms with Gasteiger partial charge in [-0.2, -0.15) is 0 Å². The number of hydrogen-bond acceptors (Lipinski definition) is 2. The Bertz CT molecular complexity index is 815. The lowest BCUT2D eigenvalue weighted by atomic mass is 10.1. The summed E-state index contributed by atoms with van der Waals surface area (Å²) in [7, 11) is 0. The van der Waals surface area contributed by atoms with E-state index in [1.807, 2.05) is 30.3 Å². The molecule has 1 N–H and O–H groups in total. The van der Waals surface area contributed by atoms with Gasteiger partial charge >= 0.3 is 0 Å². The normalized spacial score (nSPS) is 10.7. The van der Waals surface area contributed by atoms with Gasteiger partial charge in [-0.1, -0.05) is 30.3 Å². The van der Waals surface area contributed by atoms with Crippen LogP contribution in [0.25, 0.3) is 10.9 Å². The maximum atomic E-state index is 12.8. The summed E-state index contributed by atoms with van der Waals surface area (Å²) in [4.78, 5) is 16.3. The fraction of sp³-hybridized carbons (Fsp3) is 0.158. The molecule has 1 heterocycles. The van der Waals surface area contributed by atoms with E-state index in [9.17, 15) is 9.18 Å². The van der Waals surface area contributed by atoms with Crippen LogP contribution in [0.3, 0.4) is 0 Å². The van der Waals surface area contributed by atoms with Crippen molar-refractivity contribution in [3.63, 3.8) is 0 Å². The number of nitrogens with one attached hydrogen (secondary N) is 1. The molecule has 0 atom stereocenters. The van der Waals surface area contributed by atoms with E-state index in [1.54, 1.807) is 18.3 Å². The van der Waals surface area contributed by atoms with E-state index in [1.165, 1.54) is 12.1 Å². The molecule has 3 nitrogen and oxygen atoms in total. The lowest BCUT2D eigenvalue weighted by molar-refractivity contribution is -0.121. The minimum atomic E-state index is -0.262. The van der Waals surface area contributed by atoms with Gasteiger partial charge in [0.05, 0.1) is 5.52 Å². The summed E-state index contributed by atoms with van der Waals surface area (Å²) >= 11 is 0. The molecule has 0 unspecified atom stereocenters. The van der Waals surface area contributed by atoms with Gasteiger partial charge in [-0.05, 0) is 41.8 Å². The van der Waals surface area contributed by atoms with E-state index < -0.39 is 0 Å². The first-order valence-corrected chi connectivity index (χ1v) is 7.55. The van der Waals surface area contributed by atoms with Gasteiger partial charge in [-0.25, -0.2) is 4.39 Å². The molecule has 0 aliphatic heterocycles. The van der Waals surface area contributed by atoms with E-state index in [2.05, 4.69) is 10.3 Å². The van der Waals surface area contributed by atoms with Crippen LogP contribution in [-0.2, 0) is 17.8 Å². The van der Waals surface area contributed by atoms with Gasteiger partial charge in [0.2, 0.25) is 5.91 Å². The number of benzene rings is 2. The standard InChI is InChI=1S/C19H17FN2O/c20-17-8-5-14(6-9-17)7-10-19(23)22-13-15-11-16-3-1-2-4-18(16)21-12-15/h1-6,8-9,11-12H,7,10,13H2,(H,22,23). The zero-order valence-corrected chi connectivity index (χ0v) is 12.6. The molecule has 1 aromatic heterocycles. The van der Waals surface area contributed by atoms with Gasteiger partial charge in [0.25, 0.3) is 0 Å². The van der Waals surface area contributed by atoms with Gasteiger partial charge < -0.3 is 5.32 Å². The lowest BCUT2D eigenvalue weighted by Crippen LogP contribution is -2.23. The molecule has 0 radical (unpaired) electrons. The molecule has 116 valence electrons. The summed E-state index contributed by atoms with van der Waals surface area (Å²) in [6.07, 6.45) is 2.76. The second-order valence-electron chi connectivity index (χ2n) is 5.44. The van der Waals surface area contributed by atoms with Crippen molar-refractivity contribution in [3.8, 4) is 0 Å². The van der Waals surface area contributed by atoms with Crippen molar-refractivity contribution in [1.29, 1.82) is 0 Å². The maximum absolute atomic E-state index is 12.8. The number of halogens is 1. The topological polar surface area (TPSA) is 42.0 Å². The third kappa shape index (κ3) is 4.13. The zero-order valence-electron chi connectivity index (χ0n) is 12.6. The summed E-state index contributed by atoms with van der Waals surface area (Å²) in [6, 6.07) is 16.1. The molecule has 0 fully saturated rings. The average Bonchev–Trinajstić information content (AvgIpc) is 2.59. The van der Waals surface area contributed by atoms with E-state index >= 15 is 0 Å². The molecule has 3 aromatic rings. The Kier molecular flexibility index (Phi) is 4.62. The fourth-order valence-electron chi connectivity index (χ4n) is 2.41. The first kappa shape index (κ1) is 15.2. The number of nitrogens with zero attached hydrogens (tertiary/aromatic N) is 1. The van der Waals surface area contributed by atoms with Crippen LogP contribution in [-0.4, -0.2) is 10.9 Å². The fourth-order valence-corrected chi connectivity index (χ4v) is 2.41. The SMILES string of the molecule is O=C(CCc1ccc(F)cc1)NCc1cnc2ccccc2c1. The van der Waals surface area contributed by atoms with Gasteiger partial charge in [-0.3, -0.25) is 9.78 Å². The molecule has 0 bridgehead atoms. The molecule has 0 aliphatic carbocycles. The predicted molar refractivity (Wildman–Crippen MR) is 88.3 cm³/mol. The van der Waals surface area contributed by atoms with Crippen LogP contribution < -0.4 is 5.32 Å². The number of carbonyl (C=O) groups is 1. The third-order valence-corrected chi connectivity index (χ3v) is 3.69. The molecular weight excluding hydrogens is 291 g/mol. The Balaban J connectivity index is 1.52. The summed E-state index contributed by atoms with van der Waals surface area (Å²) in [5.74, 6) is -0.288. The lowest BCUT2D eigenvalue weighted by Gasteiger charge is -2.06. The highest BCUT2D eigenvalue weighted by Gasteiger charge is 2.04. The molecule has 4 heteroatoms. The van der Waals surface area contributed by atoms with Crippen molar-refractivity contribution < 1.29 is 9.18 Å². The molecule has 0 saturated carbocycles. The van der Waals surface area contributed by atoms with Crippen LogP contribution in [0.5, 0.6) is 0 Å². The monoisotopic (exact) mass is 308 g/mol. The number of aromatic nitrogens is 1. The van der Waals surface area contributed by atoms with Crippen LogP contribution in [0.15, 0.2) is 60.8 Å². The van der Waals surface area contributed by atoms with Crippen molar-refractivity contribution >= 4 is 16.8 Å². The van der Waals surface area contributed by atoms with Gasteiger partial charge in [0.15, 0.2) is 0 Å². The molecule has 23 heavy (non-hydrogen) atoms. The van der Waals surface area contributed by atoms with E-state index in [0.717, 1.165) is 22.0 Å². The highest BCUT2D eigenvalue weighted by Crippen LogP contribution is 2.12. The molecular formula is C19H17FN2O. The van der Waals surface area contributed by atoms with Crippen LogP contribution in [0.2, 0.25) is 0 Å². The van der Waals surface area contributed by atoms with Crippen molar-refractivity contribution in [3.05, 3.63) is 77.7 Å². The second-order valence-corrected chi connectivity index (χ2v) is 5.44. The van der Waals surface area contributed by atoms with Gasteiger partial charge in [-0.15, -0.1) is 0 Å². The largest absolute Gasteiger partial charge is 0.352 e. The van der Waals surface area contributed by atoms with Gasteiger partial charge in [0, 0.05) is 24.5 Å². The second kappa shape index (κ2) is 7.01. The van der Waals surface area contributed by atoms with Crippen molar-refractivity contribution in [2.45, 2.75) is 19.4 Å². The molecule has 0 spiro atoms. The Morgan fingerprint density at radius 2 is 1.83 bits per heavy atom. The number of pyridine rings is 1. The first-order valence-electron chi connectivity index (χ1n) is 7.55. The van der Waals surface area contributed by atoms with E-state index in [-0.39, 0.29) is 11.7 Å². The number of fused-ring (bicyclic) bond motifs is 1. The number of carbonyl (C=O) groups excluding carboxylic acids is 1. The highest BCUT2D eigenvalue weighted by atomic mass is 19.1. The van der Waals surface area contributed by atoms with Crippen molar-refractivity contribution in [1.82, 2.24) is 10.3 Å². The average molecular weight is 308 g/mol. The van der Waals surface area contributed by atoms with E-state index in [4.69, 9.17) is 0 Å². The summed E-state index contributed by atoms with van der Waals surface area (Å²) in [5.41, 5.74) is 2.87. The summed E-state index contributed by atoms with van der Waals surface area (Å²) < 4.78 is 12.8. The van der Waals surface area contributed by atoms with Crippen molar-refractivity contribution in [2.75, 3.05) is 0 Å². The maximum Gasteiger partial charge on any atom is 0.220 e. The zero-order chi connectivity index (χ0) is 16.1. The smallest absolute Gasteiger partial charge is 0.220 e. The third-order valence-electron chi connectivity index (χ3n) is 3.69. The first-order chi connectivity index (χ1) is 11.2. The van der Waals surface area contributed by atoms with Crippen molar-refractivity contribution in [2.24, 2.45) is 0 Å². The Labute approximate surface area is 134 Å². The van der Waals surface area contributed by atoms with Crippen LogP contribution in [0, 0.1) is 5.82 Å². The number of para-hydroxylation sites is 1. The summed E-state index contributed by atoms with van der Waals surface area (Å²) in [5, 5.41) is 3.95. The van der Waals surface area contributed by atoms with E-state index in [0.29, 0.717) is 19.4 Å². The molecule has 3 rings (SSSR count). The Hall–Kier alpha value is -2.75. The number of aryl methyl sites for hydroxylation is 1. The van der Waals surface area contributed by atoms with Crippen LogP contribution in [0.4, 0.5) is 4.39 Å². The van der Waals surface area contributed by atoms with Gasteiger partial charge in [0.1, 0.15) is 5.82 Å². The Morgan fingerprint density at radius 1 is 1.04 bits per heavy atom. The molecule has 0 saturated heterocycles. The quantitative estimate of drug-likeness (QED) is 0.782. The molecule has 2 aromatic carbocycles. The van der Waals surface area contributed by atoms with Crippen LogP contribution in [0.1, 0.15) is 17.5 Å². The summed E-state index contributed by atoms with van der Waals surface area (Å²) in [6.45, 7) is 0.458. The highest BCUT2D eigenvalue weighted by molar-refractivity contribution is 5.79. The number of rotatable bonds is 5. The minimum absolute atomic E-state index is 0.0255. The minimum Gasteiger partial charge on any atom is -0.352 e. The molecule has 0 aliphatic rings. The number of amides is 1. The molecule has 1 amide bonds. The Morgan fingerprint density at radius 3 is 2.65 bits per heavy atom. The predicted octanol–water partition coefficient (Wildman–Crippen LogP) is 3.62. The number of hydrogen-bond donors (Lipinski definition) is 1. The van der Waals surface area contributed by atoms with Crippen LogP contribution >= 0.6 is 0 Å².